The molecule has 308 valence electrons. The average Bonchev–Trinajstić information content (AvgIpc) is 3.28. The fourth-order valence-corrected chi connectivity index (χ4v) is 13.1. The number of anilines is 6. The molecule has 0 atom stereocenters. The second-order valence-corrected chi connectivity index (χ2v) is 23.4. The number of halogens is 1. The standard InChI is InChI=1S/C58H55ClN2Si/c1-40-36-54-56(59)55(37-40)61(53-27-15-13-25-51(53)42-30-34-44(35-31-42)58(5,6)7)46-19-17-23-49(39-46)62(8,47-20-10-9-11-21-47)48-22-16-18-45(38-48)60(54)52-26-14-12-24-50(52)41-28-32-43(33-29-41)57(2,3)4/h9-39H,1-8H3. The van der Waals surface area contributed by atoms with Gasteiger partial charge in [0.2, 0.25) is 0 Å². The van der Waals surface area contributed by atoms with Gasteiger partial charge in [-0.1, -0.05) is 199 Å². The summed E-state index contributed by atoms with van der Waals surface area (Å²) in [7, 11) is -2.63. The molecule has 0 radical (unpaired) electrons. The van der Waals surface area contributed by atoms with Crippen molar-refractivity contribution < 1.29 is 0 Å². The number of para-hydroxylation sites is 2. The van der Waals surface area contributed by atoms with Crippen molar-refractivity contribution in [3.8, 4) is 22.3 Å². The number of hydrogen-bond acceptors (Lipinski definition) is 2. The van der Waals surface area contributed by atoms with Crippen LogP contribution in [0.4, 0.5) is 34.1 Å². The van der Waals surface area contributed by atoms with Gasteiger partial charge in [0, 0.05) is 22.5 Å². The highest BCUT2D eigenvalue weighted by atomic mass is 35.5. The van der Waals surface area contributed by atoms with Crippen LogP contribution < -0.4 is 25.4 Å². The second kappa shape index (κ2) is 16.0. The van der Waals surface area contributed by atoms with Crippen LogP contribution in [0.25, 0.3) is 22.3 Å². The lowest BCUT2D eigenvalue weighted by molar-refractivity contribution is 0.590. The minimum Gasteiger partial charge on any atom is -0.308 e. The first-order chi connectivity index (χ1) is 29.7. The summed E-state index contributed by atoms with van der Waals surface area (Å²) in [6.07, 6.45) is 0. The third kappa shape index (κ3) is 7.48. The Morgan fingerprint density at radius 2 is 0.790 bits per heavy atom. The molecule has 1 aliphatic heterocycles. The highest BCUT2D eigenvalue weighted by Crippen LogP contribution is 2.51. The Bertz CT molecular complexity index is 2730. The van der Waals surface area contributed by atoms with Crippen LogP contribution in [0.1, 0.15) is 58.2 Å². The highest BCUT2D eigenvalue weighted by Gasteiger charge is 2.37. The molecule has 8 aromatic rings. The van der Waals surface area contributed by atoms with Gasteiger partial charge in [-0.3, -0.25) is 0 Å². The van der Waals surface area contributed by atoms with E-state index in [1.807, 2.05) is 0 Å². The predicted octanol–water partition coefficient (Wildman–Crippen LogP) is 14.9. The van der Waals surface area contributed by atoms with Gasteiger partial charge in [0.05, 0.1) is 27.8 Å². The minimum atomic E-state index is -2.63. The zero-order valence-electron chi connectivity index (χ0n) is 37.2. The molecular weight excluding hydrogens is 788 g/mol. The lowest BCUT2D eigenvalue weighted by atomic mass is 9.86. The summed E-state index contributed by atoms with van der Waals surface area (Å²) in [5.74, 6) is 0. The van der Waals surface area contributed by atoms with E-state index in [1.165, 1.54) is 26.7 Å². The van der Waals surface area contributed by atoms with Crippen molar-refractivity contribution in [1.29, 1.82) is 0 Å². The van der Waals surface area contributed by atoms with E-state index in [2.05, 4.69) is 253 Å². The van der Waals surface area contributed by atoms with Gasteiger partial charge in [-0.15, -0.1) is 0 Å². The van der Waals surface area contributed by atoms with E-state index in [0.717, 1.165) is 61.9 Å². The van der Waals surface area contributed by atoms with Crippen LogP contribution in [0.3, 0.4) is 0 Å². The summed E-state index contributed by atoms with van der Waals surface area (Å²) < 4.78 is 0. The number of benzene rings is 8. The van der Waals surface area contributed by atoms with Crippen molar-refractivity contribution in [3.63, 3.8) is 0 Å². The first kappa shape index (κ1) is 41.2. The zero-order chi connectivity index (χ0) is 43.4. The molecule has 62 heavy (non-hydrogen) atoms. The number of rotatable bonds is 5. The van der Waals surface area contributed by atoms with Gasteiger partial charge in [0.25, 0.3) is 0 Å². The monoisotopic (exact) mass is 842 g/mol. The SMILES string of the molecule is Cc1cc2c(Cl)c(c1)N(c1ccccc1-c1ccc(C(C)(C)C)cc1)c1cccc(c1)[Si](C)(c1ccccc1)c1cccc(c1)N2c1ccccc1-c1ccc(C(C)(C)C)cc1. The van der Waals surface area contributed by atoms with Crippen molar-refractivity contribution in [2.75, 3.05) is 9.80 Å². The molecule has 8 aromatic carbocycles. The molecule has 0 N–H and O–H groups in total. The van der Waals surface area contributed by atoms with Gasteiger partial charge >= 0.3 is 0 Å². The van der Waals surface area contributed by atoms with Gasteiger partial charge in [-0.25, -0.2) is 0 Å². The molecule has 1 aliphatic rings. The molecule has 0 aliphatic carbocycles. The van der Waals surface area contributed by atoms with Gasteiger partial charge in [0.15, 0.2) is 0 Å². The van der Waals surface area contributed by atoms with Crippen LogP contribution in [-0.4, -0.2) is 8.07 Å². The molecule has 0 aromatic heterocycles. The summed E-state index contributed by atoms with van der Waals surface area (Å²) in [5, 5.41) is 4.68. The van der Waals surface area contributed by atoms with Crippen LogP contribution in [-0.2, 0) is 10.8 Å². The molecule has 4 heteroatoms. The molecule has 0 spiro atoms. The molecule has 0 unspecified atom stereocenters. The van der Waals surface area contributed by atoms with E-state index in [9.17, 15) is 0 Å². The molecule has 0 saturated carbocycles. The Morgan fingerprint density at radius 1 is 0.403 bits per heavy atom. The molecule has 0 amide bonds. The third-order valence-corrected chi connectivity index (χ3v) is 17.6. The quantitative estimate of drug-likeness (QED) is 0.159. The van der Waals surface area contributed by atoms with Crippen molar-refractivity contribution in [1.82, 2.24) is 0 Å². The molecule has 2 nitrogen and oxygen atoms in total. The van der Waals surface area contributed by atoms with E-state index in [-0.39, 0.29) is 10.8 Å². The summed E-state index contributed by atoms with van der Waals surface area (Å²) in [6, 6.07) is 69.9. The fourth-order valence-electron chi connectivity index (χ4n) is 9.18. The first-order valence-corrected chi connectivity index (χ1v) is 24.7. The van der Waals surface area contributed by atoms with Crippen LogP contribution in [0.5, 0.6) is 0 Å². The van der Waals surface area contributed by atoms with Gasteiger partial charge in [0.1, 0.15) is 8.07 Å². The van der Waals surface area contributed by atoms with E-state index >= 15 is 0 Å². The molecule has 0 saturated heterocycles. The Hall–Kier alpha value is -6.13. The normalized spacial score (nSPS) is 13.6. The average molecular weight is 844 g/mol. The highest BCUT2D eigenvalue weighted by molar-refractivity contribution is 7.10. The van der Waals surface area contributed by atoms with E-state index in [4.69, 9.17) is 11.6 Å². The number of nitrogens with zero attached hydrogens (tertiary/aromatic N) is 2. The topological polar surface area (TPSA) is 6.48 Å². The second-order valence-electron chi connectivity index (χ2n) is 19.1. The van der Waals surface area contributed by atoms with E-state index in [0.29, 0.717) is 5.02 Å². The lowest BCUT2D eigenvalue weighted by Gasteiger charge is -2.36. The first-order valence-electron chi connectivity index (χ1n) is 21.8. The van der Waals surface area contributed by atoms with Gasteiger partial charge < -0.3 is 9.80 Å². The lowest BCUT2D eigenvalue weighted by Crippen LogP contribution is -2.64. The Morgan fingerprint density at radius 3 is 1.21 bits per heavy atom. The molecule has 0 fully saturated rings. The van der Waals surface area contributed by atoms with E-state index in [1.54, 1.807) is 0 Å². The van der Waals surface area contributed by atoms with Crippen LogP contribution in [0, 0.1) is 6.92 Å². The van der Waals surface area contributed by atoms with E-state index < -0.39 is 8.07 Å². The summed E-state index contributed by atoms with van der Waals surface area (Å²) >= 11 is 8.04. The fraction of sp³-hybridized carbons (Fsp3) is 0.172. The summed E-state index contributed by atoms with van der Waals surface area (Å²) in [4.78, 5) is 4.81. The maximum Gasteiger partial charge on any atom is 0.145 e. The Balaban J connectivity index is 1.36. The zero-order valence-corrected chi connectivity index (χ0v) is 38.9. The maximum atomic E-state index is 8.04. The summed E-state index contributed by atoms with van der Waals surface area (Å²) in [6.45, 7) is 18.3. The van der Waals surface area contributed by atoms with Gasteiger partial charge in [-0.05, 0) is 110 Å². The van der Waals surface area contributed by atoms with Crippen molar-refractivity contribution in [2.45, 2.75) is 65.8 Å². The summed E-state index contributed by atoms with van der Waals surface area (Å²) in [5.41, 5.74) is 14.5. The minimum absolute atomic E-state index is 0.0506. The largest absolute Gasteiger partial charge is 0.308 e. The molecule has 9 rings (SSSR count). The van der Waals surface area contributed by atoms with Gasteiger partial charge in [-0.2, -0.15) is 0 Å². The van der Waals surface area contributed by atoms with Crippen LogP contribution >= 0.6 is 11.6 Å². The Kier molecular flexibility index (Phi) is 10.6. The number of fused-ring (bicyclic) bond motifs is 6. The molecule has 1 heterocycles. The molecular formula is C58H55ClN2Si. The third-order valence-electron chi connectivity index (χ3n) is 12.8. The number of hydrogen-bond donors (Lipinski definition) is 0. The molecule has 6 bridgehead atoms. The van der Waals surface area contributed by atoms with Crippen molar-refractivity contribution in [2.24, 2.45) is 0 Å². The van der Waals surface area contributed by atoms with Crippen molar-refractivity contribution >= 4 is 69.4 Å². The van der Waals surface area contributed by atoms with Crippen LogP contribution in [0.15, 0.2) is 188 Å². The number of aryl methyl sites for hydroxylation is 1. The maximum absolute atomic E-state index is 8.04. The predicted molar refractivity (Wildman–Crippen MR) is 271 cm³/mol. The smallest absolute Gasteiger partial charge is 0.145 e. The Labute approximate surface area is 375 Å². The van der Waals surface area contributed by atoms with Crippen LogP contribution in [0.2, 0.25) is 11.6 Å². The van der Waals surface area contributed by atoms with Crippen molar-refractivity contribution in [3.05, 3.63) is 210 Å².